The van der Waals surface area contributed by atoms with E-state index >= 15 is 0 Å². The number of nitrogens with zero attached hydrogens (tertiary/aromatic N) is 1. The van der Waals surface area contributed by atoms with E-state index in [0.29, 0.717) is 21.5 Å². The molecule has 26 heavy (non-hydrogen) atoms. The molecule has 6 nitrogen and oxygen atoms in total. The van der Waals surface area contributed by atoms with Gasteiger partial charge in [0.15, 0.2) is 6.61 Å². The van der Waals surface area contributed by atoms with Crippen molar-refractivity contribution in [2.75, 3.05) is 26.9 Å². The first-order valence-electron chi connectivity index (χ1n) is 8.23. The molecule has 1 amide bonds. The summed E-state index contributed by atoms with van der Waals surface area (Å²) in [5.41, 5.74) is 0.855. The first-order valence-corrected chi connectivity index (χ1v) is 9.46. The first kappa shape index (κ1) is 18.9. The van der Waals surface area contributed by atoms with Gasteiger partial charge in [0.2, 0.25) is 0 Å². The molecule has 1 aromatic carbocycles. The third-order valence-corrected chi connectivity index (χ3v) is 5.42. The number of esters is 1. The molecule has 3 rings (SSSR count). The van der Waals surface area contributed by atoms with Crippen LogP contribution in [0.25, 0.3) is 6.08 Å². The van der Waals surface area contributed by atoms with Crippen molar-refractivity contribution in [2.24, 2.45) is 0 Å². The quantitative estimate of drug-likeness (QED) is 0.418. The van der Waals surface area contributed by atoms with E-state index in [4.69, 9.17) is 21.7 Å². The van der Waals surface area contributed by atoms with Crippen LogP contribution in [0.2, 0.25) is 0 Å². The Balaban J connectivity index is 1.63. The molecule has 0 N–H and O–H groups in total. The lowest BCUT2D eigenvalue weighted by atomic mass is 10.2. The van der Waals surface area contributed by atoms with E-state index < -0.39 is 5.97 Å². The van der Waals surface area contributed by atoms with Gasteiger partial charge in [-0.3, -0.25) is 9.69 Å². The average Bonchev–Trinajstić information content (AvgIpc) is 3.25. The maximum atomic E-state index is 12.6. The monoisotopic (exact) mass is 393 g/mol. The standard InChI is InChI=1S/C18H19NO5S2/c1-22-16(20)11-24-13-6-4-12(5-7-13)9-15-17(21)19(18(25)26-15)10-14-3-2-8-23-14/h4-7,9,14H,2-3,8,10-11H2,1H3/b15-9-/t14-/m1/s1. The molecule has 138 valence electrons. The summed E-state index contributed by atoms with van der Waals surface area (Å²) in [5, 5.41) is 0. The van der Waals surface area contributed by atoms with E-state index in [2.05, 4.69) is 4.74 Å². The van der Waals surface area contributed by atoms with Crippen LogP contribution < -0.4 is 4.74 Å². The molecule has 2 aliphatic heterocycles. The molecule has 2 saturated heterocycles. The van der Waals surface area contributed by atoms with Crippen LogP contribution >= 0.6 is 24.0 Å². The number of carbonyl (C=O) groups is 2. The van der Waals surface area contributed by atoms with Gasteiger partial charge < -0.3 is 14.2 Å². The molecule has 8 heteroatoms. The number of benzene rings is 1. The van der Waals surface area contributed by atoms with Crippen molar-refractivity contribution in [3.63, 3.8) is 0 Å². The lowest BCUT2D eigenvalue weighted by molar-refractivity contribution is -0.142. The van der Waals surface area contributed by atoms with Crippen LogP contribution in [-0.2, 0) is 19.1 Å². The van der Waals surface area contributed by atoms with E-state index in [-0.39, 0.29) is 18.6 Å². The van der Waals surface area contributed by atoms with Gasteiger partial charge in [-0.2, -0.15) is 0 Å². The predicted molar refractivity (Wildman–Crippen MR) is 103 cm³/mol. The highest BCUT2D eigenvalue weighted by Crippen LogP contribution is 2.33. The second-order valence-electron chi connectivity index (χ2n) is 5.86. The van der Waals surface area contributed by atoms with Crippen molar-refractivity contribution in [2.45, 2.75) is 18.9 Å². The van der Waals surface area contributed by atoms with Gasteiger partial charge in [-0.15, -0.1) is 0 Å². The Morgan fingerprint density at radius 3 is 2.85 bits per heavy atom. The van der Waals surface area contributed by atoms with Crippen molar-refractivity contribution >= 4 is 46.3 Å². The minimum atomic E-state index is -0.441. The molecule has 0 aliphatic carbocycles. The van der Waals surface area contributed by atoms with Crippen molar-refractivity contribution in [1.29, 1.82) is 0 Å². The third kappa shape index (κ3) is 4.63. The Labute approximate surface area is 161 Å². The summed E-state index contributed by atoms with van der Waals surface area (Å²) in [7, 11) is 1.31. The zero-order valence-electron chi connectivity index (χ0n) is 14.3. The number of hydrogen-bond donors (Lipinski definition) is 0. The van der Waals surface area contributed by atoms with Crippen molar-refractivity contribution < 1.29 is 23.8 Å². The molecular weight excluding hydrogens is 374 g/mol. The van der Waals surface area contributed by atoms with E-state index in [1.165, 1.54) is 18.9 Å². The normalized spacial score (nSPS) is 21.5. The fourth-order valence-corrected chi connectivity index (χ4v) is 3.94. The van der Waals surface area contributed by atoms with Crippen LogP contribution in [0.4, 0.5) is 0 Å². The summed E-state index contributed by atoms with van der Waals surface area (Å²) >= 11 is 6.65. The molecular formula is C18H19NO5S2. The summed E-state index contributed by atoms with van der Waals surface area (Å²) in [4.78, 5) is 25.9. The number of thioether (sulfide) groups is 1. The lowest BCUT2D eigenvalue weighted by Gasteiger charge is -2.18. The Bertz CT molecular complexity index is 726. The molecule has 0 bridgehead atoms. The van der Waals surface area contributed by atoms with E-state index in [0.717, 1.165) is 25.0 Å². The number of hydrogen-bond acceptors (Lipinski definition) is 7. The summed E-state index contributed by atoms with van der Waals surface area (Å²) in [6.45, 7) is 1.12. The number of carbonyl (C=O) groups excluding carboxylic acids is 2. The molecule has 2 fully saturated rings. The summed E-state index contributed by atoms with van der Waals surface area (Å²) < 4.78 is 16.0. The van der Waals surface area contributed by atoms with Gasteiger partial charge in [0.1, 0.15) is 10.1 Å². The largest absolute Gasteiger partial charge is 0.482 e. The maximum absolute atomic E-state index is 12.6. The Kier molecular flexibility index (Phi) is 6.29. The number of methoxy groups -OCH3 is 1. The summed E-state index contributed by atoms with van der Waals surface area (Å²) in [5.74, 6) is 0.0315. The van der Waals surface area contributed by atoms with Crippen LogP contribution in [-0.4, -0.2) is 54.1 Å². The Morgan fingerprint density at radius 2 is 2.19 bits per heavy atom. The minimum Gasteiger partial charge on any atom is -0.482 e. The van der Waals surface area contributed by atoms with Gasteiger partial charge in [-0.1, -0.05) is 36.1 Å². The van der Waals surface area contributed by atoms with Crippen molar-refractivity contribution in [1.82, 2.24) is 4.90 Å². The van der Waals surface area contributed by atoms with Crippen LogP contribution in [0.15, 0.2) is 29.2 Å². The third-order valence-electron chi connectivity index (χ3n) is 4.05. The molecule has 2 aliphatic rings. The molecule has 1 atom stereocenters. The van der Waals surface area contributed by atoms with Crippen molar-refractivity contribution in [3.05, 3.63) is 34.7 Å². The highest BCUT2D eigenvalue weighted by Gasteiger charge is 2.34. The topological polar surface area (TPSA) is 65.1 Å². The lowest BCUT2D eigenvalue weighted by Crippen LogP contribution is -2.35. The first-order chi connectivity index (χ1) is 12.6. The van der Waals surface area contributed by atoms with Crippen LogP contribution in [0.3, 0.4) is 0 Å². The maximum Gasteiger partial charge on any atom is 0.343 e. The van der Waals surface area contributed by atoms with Gasteiger partial charge in [0.25, 0.3) is 5.91 Å². The number of ether oxygens (including phenoxy) is 3. The van der Waals surface area contributed by atoms with E-state index in [9.17, 15) is 9.59 Å². The molecule has 0 aromatic heterocycles. The highest BCUT2D eigenvalue weighted by molar-refractivity contribution is 8.26. The van der Waals surface area contributed by atoms with Gasteiger partial charge in [-0.05, 0) is 36.6 Å². The van der Waals surface area contributed by atoms with E-state index in [1.54, 1.807) is 23.1 Å². The number of thiocarbonyl (C=S) groups is 1. The fourth-order valence-electron chi connectivity index (χ4n) is 2.66. The fraction of sp³-hybridized carbons (Fsp3) is 0.389. The SMILES string of the molecule is COC(=O)COc1ccc(/C=C2\SC(=S)N(C[C@H]3CCCO3)C2=O)cc1. The zero-order valence-corrected chi connectivity index (χ0v) is 15.9. The Hall–Kier alpha value is -1.90. The van der Waals surface area contributed by atoms with Crippen LogP contribution in [0.1, 0.15) is 18.4 Å². The molecule has 1 aromatic rings. The van der Waals surface area contributed by atoms with Crippen molar-refractivity contribution in [3.8, 4) is 5.75 Å². The number of rotatable bonds is 6. The van der Waals surface area contributed by atoms with Gasteiger partial charge in [0, 0.05) is 6.61 Å². The molecule has 0 unspecified atom stereocenters. The molecule has 0 saturated carbocycles. The van der Waals surface area contributed by atoms with Gasteiger partial charge in [-0.25, -0.2) is 4.79 Å². The smallest absolute Gasteiger partial charge is 0.343 e. The zero-order chi connectivity index (χ0) is 18.5. The van der Waals surface area contributed by atoms with Crippen LogP contribution in [0, 0.1) is 0 Å². The van der Waals surface area contributed by atoms with Crippen LogP contribution in [0.5, 0.6) is 5.75 Å². The highest BCUT2D eigenvalue weighted by atomic mass is 32.2. The second-order valence-corrected chi connectivity index (χ2v) is 7.54. The summed E-state index contributed by atoms with van der Waals surface area (Å²) in [6, 6.07) is 7.11. The number of amides is 1. The average molecular weight is 393 g/mol. The molecule has 2 heterocycles. The molecule has 0 radical (unpaired) electrons. The molecule has 0 spiro atoms. The van der Waals surface area contributed by atoms with Gasteiger partial charge >= 0.3 is 5.97 Å². The Morgan fingerprint density at radius 1 is 1.42 bits per heavy atom. The van der Waals surface area contributed by atoms with E-state index in [1.807, 2.05) is 12.1 Å². The second kappa shape index (κ2) is 8.66. The van der Waals surface area contributed by atoms with Gasteiger partial charge in [0.05, 0.1) is 24.7 Å². The predicted octanol–water partition coefficient (Wildman–Crippen LogP) is 2.62. The minimum absolute atomic E-state index is 0.0723. The summed E-state index contributed by atoms with van der Waals surface area (Å²) in [6.07, 6.45) is 3.87.